The summed E-state index contributed by atoms with van der Waals surface area (Å²) in [7, 11) is 0. The normalized spacial score (nSPS) is 17.4. The molecule has 88 valence electrons. The quantitative estimate of drug-likeness (QED) is 0.747. The van der Waals surface area contributed by atoms with E-state index in [-0.39, 0.29) is 0 Å². The Bertz CT molecular complexity index is 343. The summed E-state index contributed by atoms with van der Waals surface area (Å²) in [5.41, 5.74) is 1.18. The largest absolute Gasteiger partial charge is 0.490 e. The Kier molecular flexibility index (Phi) is 4.11. The fourth-order valence-electron chi connectivity index (χ4n) is 2.27. The average Bonchev–Trinajstić information content (AvgIpc) is 2.33. The first-order chi connectivity index (χ1) is 7.79. The molecule has 2 rings (SSSR count). The van der Waals surface area contributed by atoms with Crippen LogP contribution >= 0.6 is 11.6 Å². The molecule has 1 aliphatic carbocycles. The van der Waals surface area contributed by atoms with Gasteiger partial charge in [-0.05, 0) is 55.9 Å². The van der Waals surface area contributed by atoms with Crippen molar-refractivity contribution in [1.29, 1.82) is 0 Å². The van der Waals surface area contributed by atoms with Gasteiger partial charge in [-0.3, -0.25) is 0 Å². The van der Waals surface area contributed by atoms with Gasteiger partial charge in [0.15, 0.2) is 0 Å². The molecule has 16 heavy (non-hydrogen) atoms. The molecule has 0 bridgehead atoms. The highest BCUT2D eigenvalue weighted by molar-refractivity contribution is 6.31. The maximum atomic E-state index is 6.08. The standard InChI is InChI=1S/C14H19ClO/c1-2-11-10-13(8-9-14(11)15)16-12-6-4-3-5-7-12/h8-10,12H,2-7H2,1H3. The molecule has 1 aromatic carbocycles. The minimum absolute atomic E-state index is 0.416. The third-order valence-corrected chi connectivity index (χ3v) is 3.62. The molecule has 0 heterocycles. The molecule has 1 nitrogen and oxygen atoms in total. The predicted octanol–water partition coefficient (Wildman–Crippen LogP) is 4.61. The van der Waals surface area contributed by atoms with E-state index in [0.29, 0.717) is 6.10 Å². The summed E-state index contributed by atoms with van der Waals surface area (Å²) >= 11 is 6.08. The van der Waals surface area contributed by atoms with Crippen LogP contribution in [0.4, 0.5) is 0 Å². The first-order valence-corrected chi connectivity index (χ1v) is 6.62. The highest BCUT2D eigenvalue weighted by Gasteiger charge is 2.15. The van der Waals surface area contributed by atoms with Gasteiger partial charge in [0.2, 0.25) is 0 Å². The van der Waals surface area contributed by atoms with Crippen LogP contribution < -0.4 is 4.74 Å². The summed E-state index contributed by atoms with van der Waals surface area (Å²) in [6, 6.07) is 6.01. The van der Waals surface area contributed by atoms with E-state index in [0.717, 1.165) is 17.2 Å². The number of halogens is 1. The molecule has 0 unspecified atom stereocenters. The van der Waals surface area contributed by atoms with Crippen molar-refractivity contribution in [1.82, 2.24) is 0 Å². The van der Waals surface area contributed by atoms with E-state index in [1.54, 1.807) is 0 Å². The first-order valence-electron chi connectivity index (χ1n) is 6.24. The molecular weight excluding hydrogens is 220 g/mol. The summed E-state index contributed by atoms with van der Waals surface area (Å²) in [6.45, 7) is 2.12. The van der Waals surface area contributed by atoms with Crippen LogP contribution in [0.25, 0.3) is 0 Å². The van der Waals surface area contributed by atoms with E-state index in [4.69, 9.17) is 16.3 Å². The van der Waals surface area contributed by atoms with Crippen LogP contribution in [0.3, 0.4) is 0 Å². The number of aryl methyl sites for hydroxylation is 1. The van der Waals surface area contributed by atoms with Gasteiger partial charge < -0.3 is 4.74 Å². The molecule has 0 N–H and O–H groups in total. The van der Waals surface area contributed by atoms with Crippen molar-refractivity contribution in [3.63, 3.8) is 0 Å². The Hall–Kier alpha value is -0.690. The van der Waals surface area contributed by atoms with E-state index in [1.807, 2.05) is 12.1 Å². The topological polar surface area (TPSA) is 9.23 Å². The molecule has 0 saturated heterocycles. The molecule has 0 amide bonds. The van der Waals surface area contributed by atoms with E-state index in [9.17, 15) is 0 Å². The fraction of sp³-hybridized carbons (Fsp3) is 0.571. The highest BCUT2D eigenvalue weighted by atomic mass is 35.5. The third-order valence-electron chi connectivity index (χ3n) is 3.25. The van der Waals surface area contributed by atoms with E-state index >= 15 is 0 Å². The molecule has 0 atom stereocenters. The minimum atomic E-state index is 0.416. The molecule has 1 aromatic rings. The van der Waals surface area contributed by atoms with Gasteiger partial charge in [-0.25, -0.2) is 0 Å². The van der Waals surface area contributed by atoms with Crippen LogP contribution in [-0.2, 0) is 6.42 Å². The maximum Gasteiger partial charge on any atom is 0.120 e. The molecule has 0 spiro atoms. The van der Waals surface area contributed by atoms with Crippen LogP contribution in [0.2, 0.25) is 5.02 Å². The molecule has 2 heteroatoms. The molecule has 1 aliphatic rings. The monoisotopic (exact) mass is 238 g/mol. The van der Waals surface area contributed by atoms with Crippen LogP contribution in [0, 0.1) is 0 Å². The highest BCUT2D eigenvalue weighted by Crippen LogP contribution is 2.26. The number of ether oxygens (including phenoxy) is 1. The summed E-state index contributed by atoms with van der Waals surface area (Å²) in [4.78, 5) is 0. The van der Waals surface area contributed by atoms with Crippen LogP contribution in [0.15, 0.2) is 18.2 Å². The lowest BCUT2D eigenvalue weighted by atomic mass is 9.98. The van der Waals surface area contributed by atoms with Crippen molar-refractivity contribution < 1.29 is 4.74 Å². The smallest absolute Gasteiger partial charge is 0.120 e. The van der Waals surface area contributed by atoms with Gasteiger partial charge >= 0.3 is 0 Å². The van der Waals surface area contributed by atoms with Gasteiger partial charge in [-0.1, -0.05) is 24.9 Å². The molecule has 0 radical (unpaired) electrons. The summed E-state index contributed by atoms with van der Waals surface area (Å²) in [5.74, 6) is 0.980. The second-order valence-electron chi connectivity index (χ2n) is 4.48. The molecule has 0 aromatic heterocycles. The van der Waals surface area contributed by atoms with Crippen molar-refractivity contribution in [3.05, 3.63) is 28.8 Å². The Labute approximate surface area is 103 Å². The zero-order chi connectivity index (χ0) is 11.4. The molecule has 1 fully saturated rings. The Morgan fingerprint density at radius 3 is 2.69 bits per heavy atom. The Morgan fingerprint density at radius 1 is 1.25 bits per heavy atom. The summed E-state index contributed by atoms with van der Waals surface area (Å²) in [6.07, 6.45) is 7.74. The van der Waals surface area contributed by atoms with Crippen LogP contribution in [0.1, 0.15) is 44.6 Å². The van der Waals surface area contributed by atoms with Crippen molar-refractivity contribution in [2.45, 2.75) is 51.6 Å². The van der Waals surface area contributed by atoms with Gasteiger partial charge in [0.05, 0.1) is 6.10 Å². The summed E-state index contributed by atoms with van der Waals surface area (Å²) < 4.78 is 5.99. The predicted molar refractivity (Wildman–Crippen MR) is 68.3 cm³/mol. The maximum absolute atomic E-state index is 6.08. The lowest BCUT2D eigenvalue weighted by Crippen LogP contribution is -2.19. The Morgan fingerprint density at radius 2 is 2.00 bits per heavy atom. The van der Waals surface area contributed by atoms with Crippen molar-refractivity contribution in [3.8, 4) is 5.75 Å². The van der Waals surface area contributed by atoms with Crippen molar-refractivity contribution in [2.75, 3.05) is 0 Å². The fourth-order valence-corrected chi connectivity index (χ4v) is 2.52. The third kappa shape index (κ3) is 2.91. The van der Waals surface area contributed by atoms with Crippen LogP contribution in [-0.4, -0.2) is 6.10 Å². The zero-order valence-electron chi connectivity index (χ0n) is 9.84. The van der Waals surface area contributed by atoms with E-state index in [2.05, 4.69) is 13.0 Å². The second kappa shape index (κ2) is 5.58. The van der Waals surface area contributed by atoms with E-state index < -0.39 is 0 Å². The molecule has 1 saturated carbocycles. The number of hydrogen-bond donors (Lipinski definition) is 0. The molecular formula is C14H19ClO. The van der Waals surface area contributed by atoms with Gasteiger partial charge in [0, 0.05) is 5.02 Å². The van der Waals surface area contributed by atoms with Crippen LogP contribution in [0.5, 0.6) is 5.75 Å². The van der Waals surface area contributed by atoms with Crippen molar-refractivity contribution >= 4 is 11.6 Å². The molecule has 0 aliphatic heterocycles. The van der Waals surface area contributed by atoms with Gasteiger partial charge in [-0.2, -0.15) is 0 Å². The summed E-state index contributed by atoms with van der Waals surface area (Å²) in [5, 5.41) is 0.846. The van der Waals surface area contributed by atoms with Gasteiger partial charge in [-0.15, -0.1) is 0 Å². The average molecular weight is 239 g/mol. The lowest BCUT2D eigenvalue weighted by molar-refractivity contribution is 0.155. The number of hydrogen-bond acceptors (Lipinski definition) is 1. The van der Waals surface area contributed by atoms with Gasteiger partial charge in [0.1, 0.15) is 5.75 Å². The SMILES string of the molecule is CCc1cc(OC2CCCCC2)ccc1Cl. The second-order valence-corrected chi connectivity index (χ2v) is 4.89. The van der Waals surface area contributed by atoms with E-state index in [1.165, 1.54) is 37.7 Å². The zero-order valence-corrected chi connectivity index (χ0v) is 10.6. The van der Waals surface area contributed by atoms with Crippen molar-refractivity contribution in [2.24, 2.45) is 0 Å². The Balaban J connectivity index is 2.03. The number of rotatable bonds is 3. The number of benzene rings is 1. The van der Waals surface area contributed by atoms with Gasteiger partial charge in [0.25, 0.3) is 0 Å². The minimum Gasteiger partial charge on any atom is -0.490 e. The first kappa shape index (κ1) is 11.8. The lowest BCUT2D eigenvalue weighted by Gasteiger charge is -2.23.